The number of morpholine rings is 1. The van der Waals surface area contributed by atoms with Crippen molar-refractivity contribution in [2.24, 2.45) is 0 Å². The Balaban J connectivity index is 1.65. The Bertz CT molecular complexity index is 619. The fourth-order valence-electron chi connectivity index (χ4n) is 2.52. The van der Waals surface area contributed by atoms with Crippen LogP contribution in [0.4, 0.5) is 0 Å². The number of carbonyl (C=O) groups excluding carboxylic acids is 1. The van der Waals surface area contributed by atoms with Gasteiger partial charge in [0.15, 0.2) is 0 Å². The van der Waals surface area contributed by atoms with Crippen molar-refractivity contribution in [2.45, 2.75) is 0 Å². The van der Waals surface area contributed by atoms with E-state index < -0.39 is 0 Å². The van der Waals surface area contributed by atoms with Gasteiger partial charge in [0.25, 0.3) is 5.91 Å². The van der Waals surface area contributed by atoms with E-state index in [2.05, 4.69) is 10.00 Å². The molecule has 0 radical (unpaired) electrons. The van der Waals surface area contributed by atoms with Gasteiger partial charge in [0.05, 0.1) is 24.9 Å². The Hall–Kier alpha value is -1.92. The predicted octanol–water partition coefficient (Wildman–Crippen LogP) is 0.738. The van der Waals surface area contributed by atoms with E-state index in [0.717, 1.165) is 38.4 Å². The third-order valence-electron chi connectivity index (χ3n) is 3.84. The molecule has 0 saturated carbocycles. The quantitative estimate of drug-likeness (QED) is 0.832. The Morgan fingerprint density at radius 2 is 2.14 bits per heavy atom. The molecule has 3 rings (SSSR count). The number of ether oxygens (including phenoxy) is 1. The number of hydrogen-bond donors (Lipinski definition) is 0. The summed E-state index contributed by atoms with van der Waals surface area (Å²) in [6.07, 6.45) is 1.71. The molecule has 1 saturated heterocycles. The molecular formula is C15H20N4O2. The molecule has 0 bridgehead atoms. The summed E-state index contributed by atoms with van der Waals surface area (Å²) in [5.41, 5.74) is 1.53. The highest BCUT2D eigenvalue weighted by Crippen LogP contribution is 2.08. The number of hydrogen-bond acceptors (Lipinski definition) is 4. The lowest BCUT2D eigenvalue weighted by molar-refractivity contribution is 0.0337. The van der Waals surface area contributed by atoms with Gasteiger partial charge in [-0.1, -0.05) is 6.07 Å². The minimum Gasteiger partial charge on any atom is -0.379 e. The zero-order valence-corrected chi connectivity index (χ0v) is 12.2. The summed E-state index contributed by atoms with van der Waals surface area (Å²) in [5.74, 6) is -0.00226. The van der Waals surface area contributed by atoms with Gasteiger partial charge in [0.2, 0.25) is 0 Å². The molecule has 0 N–H and O–H groups in total. The minimum atomic E-state index is -0.00226. The van der Waals surface area contributed by atoms with Crippen LogP contribution in [0.15, 0.2) is 30.5 Å². The molecule has 1 fully saturated rings. The molecule has 0 spiro atoms. The molecule has 21 heavy (non-hydrogen) atoms. The summed E-state index contributed by atoms with van der Waals surface area (Å²) in [4.78, 5) is 16.6. The first-order valence-corrected chi connectivity index (χ1v) is 7.24. The van der Waals surface area contributed by atoms with Crippen LogP contribution in [-0.4, -0.2) is 71.8 Å². The van der Waals surface area contributed by atoms with Crippen LogP contribution in [0, 0.1) is 0 Å². The Morgan fingerprint density at radius 3 is 2.95 bits per heavy atom. The van der Waals surface area contributed by atoms with Gasteiger partial charge in [0.1, 0.15) is 5.69 Å². The van der Waals surface area contributed by atoms with Crippen molar-refractivity contribution in [3.05, 3.63) is 36.2 Å². The lowest BCUT2D eigenvalue weighted by Gasteiger charge is -2.28. The van der Waals surface area contributed by atoms with Crippen molar-refractivity contribution in [3.8, 4) is 0 Å². The topological polar surface area (TPSA) is 50.1 Å². The fourth-order valence-corrected chi connectivity index (χ4v) is 2.52. The second-order valence-electron chi connectivity index (χ2n) is 5.26. The lowest BCUT2D eigenvalue weighted by atomic mass is 10.3. The summed E-state index contributed by atoms with van der Waals surface area (Å²) >= 11 is 0. The lowest BCUT2D eigenvalue weighted by Crippen LogP contribution is -2.42. The maximum Gasteiger partial charge on any atom is 0.272 e. The molecule has 0 atom stereocenters. The van der Waals surface area contributed by atoms with Crippen molar-refractivity contribution < 1.29 is 9.53 Å². The fraction of sp³-hybridized carbons (Fsp3) is 0.467. The number of amides is 1. The van der Waals surface area contributed by atoms with Gasteiger partial charge in [-0.05, 0) is 18.2 Å². The highest BCUT2D eigenvalue weighted by Gasteiger charge is 2.17. The van der Waals surface area contributed by atoms with Gasteiger partial charge in [0, 0.05) is 33.2 Å². The number of aromatic nitrogens is 2. The van der Waals surface area contributed by atoms with Gasteiger partial charge < -0.3 is 9.64 Å². The van der Waals surface area contributed by atoms with Crippen LogP contribution in [0.25, 0.3) is 5.52 Å². The third-order valence-corrected chi connectivity index (χ3v) is 3.84. The monoisotopic (exact) mass is 288 g/mol. The molecule has 2 aromatic rings. The Morgan fingerprint density at radius 1 is 1.33 bits per heavy atom. The molecule has 0 unspecified atom stereocenters. The van der Waals surface area contributed by atoms with E-state index in [9.17, 15) is 4.79 Å². The summed E-state index contributed by atoms with van der Waals surface area (Å²) in [7, 11) is 1.84. The first kappa shape index (κ1) is 14.0. The maximum absolute atomic E-state index is 12.6. The van der Waals surface area contributed by atoms with Crippen LogP contribution in [-0.2, 0) is 4.74 Å². The molecule has 0 aliphatic carbocycles. The van der Waals surface area contributed by atoms with E-state index >= 15 is 0 Å². The van der Waals surface area contributed by atoms with E-state index in [1.54, 1.807) is 15.6 Å². The largest absolute Gasteiger partial charge is 0.379 e. The number of nitrogens with zero attached hydrogens (tertiary/aromatic N) is 4. The molecule has 1 amide bonds. The first-order valence-electron chi connectivity index (χ1n) is 7.24. The Kier molecular flexibility index (Phi) is 4.17. The van der Waals surface area contributed by atoms with Crippen molar-refractivity contribution in [3.63, 3.8) is 0 Å². The third kappa shape index (κ3) is 3.06. The van der Waals surface area contributed by atoms with E-state index in [4.69, 9.17) is 4.74 Å². The smallest absolute Gasteiger partial charge is 0.272 e. The number of rotatable bonds is 4. The standard InChI is InChI=1S/C15H20N4O2/c1-17(7-8-18-9-11-21-12-10-18)15(20)14-4-2-3-13-5-6-16-19(13)14/h2-6H,7-12H2,1H3. The van der Waals surface area contributed by atoms with Crippen LogP contribution in [0.3, 0.4) is 0 Å². The van der Waals surface area contributed by atoms with E-state index in [1.165, 1.54) is 0 Å². The molecule has 1 aliphatic rings. The summed E-state index contributed by atoms with van der Waals surface area (Å²) in [5, 5.41) is 4.21. The highest BCUT2D eigenvalue weighted by atomic mass is 16.5. The molecule has 6 nitrogen and oxygen atoms in total. The SMILES string of the molecule is CN(CCN1CCOCC1)C(=O)c1cccc2ccnn12. The van der Waals surface area contributed by atoms with E-state index in [0.29, 0.717) is 12.2 Å². The van der Waals surface area contributed by atoms with E-state index in [1.807, 2.05) is 31.3 Å². The van der Waals surface area contributed by atoms with Crippen molar-refractivity contribution in [1.29, 1.82) is 0 Å². The summed E-state index contributed by atoms with van der Waals surface area (Å²) in [6.45, 7) is 5.03. The van der Waals surface area contributed by atoms with Crippen LogP contribution in [0.1, 0.15) is 10.5 Å². The second kappa shape index (κ2) is 6.24. The number of likely N-dealkylation sites (N-methyl/N-ethyl adjacent to an activating group) is 1. The zero-order valence-electron chi connectivity index (χ0n) is 12.2. The molecule has 112 valence electrons. The van der Waals surface area contributed by atoms with Crippen molar-refractivity contribution in [2.75, 3.05) is 46.4 Å². The molecule has 2 aromatic heterocycles. The van der Waals surface area contributed by atoms with E-state index in [-0.39, 0.29) is 5.91 Å². The van der Waals surface area contributed by atoms with Crippen LogP contribution in [0.5, 0.6) is 0 Å². The molecule has 1 aliphatic heterocycles. The van der Waals surface area contributed by atoms with Gasteiger partial charge in [-0.3, -0.25) is 9.69 Å². The zero-order chi connectivity index (χ0) is 14.7. The number of fused-ring (bicyclic) bond motifs is 1. The molecule has 3 heterocycles. The van der Waals surface area contributed by atoms with Crippen molar-refractivity contribution in [1.82, 2.24) is 19.4 Å². The Labute approximate surface area is 123 Å². The second-order valence-corrected chi connectivity index (χ2v) is 5.26. The first-order chi connectivity index (χ1) is 10.3. The number of carbonyl (C=O) groups is 1. The van der Waals surface area contributed by atoms with Crippen LogP contribution in [0.2, 0.25) is 0 Å². The summed E-state index contributed by atoms with van der Waals surface area (Å²) in [6, 6.07) is 7.54. The van der Waals surface area contributed by atoms with Gasteiger partial charge in [-0.2, -0.15) is 5.10 Å². The van der Waals surface area contributed by atoms with Crippen molar-refractivity contribution >= 4 is 11.4 Å². The minimum absolute atomic E-state index is 0.00226. The average molecular weight is 288 g/mol. The molecular weight excluding hydrogens is 268 g/mol. The van der Waals surface area contributed by atoms with Gasteiger partial charge in [-0.15, -0.1) is 0 Å². The highest BCUT2D eigenvalue weighted by molar-refractivity contribution is 5.93. The maximum atomic E-state index is 12.6. The summed E-state index contributed by atoms with van der Waals surface area (Å²) < 4.78 is 7.02. The normalized spacial score (nSPS) is 16.2. The van der Waals surface area contributed by atoms with Gasteiger partial charge >= 0.3 is 0 Å². The van der Waals surface area contributed by atoms with Gasteiger partial charge in [-0.25, -0.2) is 4.52 Å². The number of pyridine rings is 1. The average Bonchev–Trinajstić information content (AvgIpc) is 3.01. The molecule has 0 aromatic carbocycles. The van der Waals surface area contributed by atoms with Crippen LogP contribution >= 0.6 is 0 Å². The predicted molar refractivity (Wildman–Crippen MR) is 79.4 cm³/mol. The molecule has 6 heteroatoms. The van der Waals surface area contributed by atoms with Crippen LogP contribution < -0.4 is 0 Å².